The van der Waals surface area contributed by atoms with Crippen LogP contribution in [0, 0.1) is 19.8 Å². The second kappa shape index (κ2) is 7.55. The van der Waals surface area contributed by atoms with Crippen LogP contribution in [0.2, 0.25) is 0 Å². The fraction of sp³-hybridized carbons (Fsp3) is 0.476. The van der Waals surface area contributed by atoms with Gasteiger partial charge in [0.15, 0.2) is 5.65 Å². The standard InChI is InChI=1S/C21H27N5O/c1-14-12-18(27-3)10-11-19(14)25-21-24-15(2)23-20-17(13-22-26(20)21)7-5-4-6-16-8-9-16/h10-13,16H,4-9H2,1-3H3,(H,23,24,25). The number of aromatic nitrogens is 4. The minimum Gasteiger partial charge on any atom is -0.497 e. The SMILES string of the molecule is COc1ccc(Nc2nc(C)nc3c(CCCCC4CC4)cnn23)c(C)c1. The zero-order chi connectivity index (χ0) is 18.8. The Labute approximate surface area is 160 Å². The molecule has 27 heavy (non-hydrogen) atoms. The van der Waals surface area contributed by atoms with Crippen molar-refractivity contribution in [3.8, 4) is 5.75 Å². The quantitative estimate of drug-likeness (QED) is 0.590. The average Bonchev–Trinajstić information content (AvgIpc) is 3.40. The van der Waals surface area contributed by atoms with E-state index in [4.69, 9.17) is 4.74 Å². The number of nitrogens with zero attached hydrogens (tertiary/aromatic N) is 4. The van der Waals surface area contributed by atoms with Crippen LogP contribution in [0.1, 0.15) is 49.1 Å². The number of ether oxygens (including phenoxy) is 1. The lowest BCUT2D eigenvalue weighted by Crippen LogP contribution is -2.07. The van der Waals surface area contributed by atoms with Gasteiger partial charge < -0.3 is 10.1 Å². The number of benzene rings is 1. The molecule has 0 saturated heterocycles. The number of aryl methyl sites for hydroxylation is 3. The first kappa shape index (κ1) is 17.8. The molecule has 1 fully saturated rings. The van der Waals surface area contributed by atoms with E-state index in [1.54, 1.807) is 7.11 Å². The predicted molar refractivity (Wildman–Crippen MR) is 107 cm³/mol. The summed E-state index contributed by atoms with van der Waals surface area (Å²) in [4.78, 5) is 9.21. The Morgan fingerprint density at radius 2 is 2.04 bits per heavy atom. The molecule has 1 N–H and O–H groups in total. The summed E-state index contributed by atoms with van der Waals surface area (Å²) in [6.45, 7) is 3.97. The zero-order valence-corrected chi connectivity index (χ0v) is 16.3. The van der Waals surface area contributed by atoms with Gasteiger partial charge in [0.05, 0.1) is 13.3 Å². The minimum atomic E-state index is 0.690. The second-order valence-corrected chi connectivity index (χ2v) is 7.49. The van der Waals surface area contributed by atoms with Gasteiger partial charge in [-0.1, -0.05) is 25.7 Å². The Bertz CT molecular complexity index is 945. The Morgan fingerprint density at radius 1 is 1.19 bits per heavy atom. The third-order valence-corrected chi connectivity index (χ3v) is 5.24. The molecule has 0 spiro atoms. The van der Waals surface area contributed by atoms with Crippen LogP contribution in [0.15, 0.2) is 24.4 Å². The van der Waals surface area contributed by atoms with Crippen molar-refractivity contribution in [1.82, 2.24) is 19.6 Å². The van der Waals surface area contributed by atoms with Crippen LogP contribution in [0.5, 0.6) is 5.75 Å². The van der Waals surface area contributed by atoms with E-state index in [-0.39, 0.29) is 0 Å². The molecular formula is C21H27N5O. The zero-order valence-electron chi connectivity index (χ0n) is 16.3. The molecule has 1 aromatic carbocycles. The molecule has 1 saturated carbocycles. The largest absolute Gasteiger partial charge is 0.497 e. The number of hydrogen-bond acceptors (Lipinski definition) is 5. The summed E-state index contributed by atoms with van der Waals surface area (Å²) in [6, 6.07) is 5.94. The number of methoxy groups -OCH3 is 1. The Kier molecular flexibility index (Phi) is 4.97. The molecule has 142 valence electrons. The Balaban J connectivity index is 1.55. The molecule has 6 nitrogen and oxygen atoms in total. The van der Waals surface area contributed by atoms with Gasteiger partial charge >= 0.3 is 0 Å². The van der Waals surface area contributed by atoms with Gasteiger partial charge in [0.1, 0.15) is 11.6 Å². The van der Waals surface area contributed by atoms with Gasteiger partial charge in [0, 0.05) is 11.3 Å². The van der Waals surface area contributed by atoms with Crippen molar-refractivity contribution in [2.45, 2.75) is 52.4 Å². The smallest absolute Gasteiger partial charge is 0.232 e. The van der Waals surface area contributed by atoms with Crippen LogP contribution in [-0.4, -0.2) is 26.7 Å². The van der Waals surface area contributed by atoms with E-state index in [1.165, 1.54) is 37.7 Å². The first-order valence-corrected chi connectivity index (χ1v) is 9.77. The van der Waals surface area contributed by atoms with Crippen molar-refractivity contribution in [1.29, 1.82) is 0 Å². The summed E-state index contributed by atoms with van der Waals surface area (Å²) < 4.78 is 7.10. The summed E-state index contributed by atoms with van der Waals surface area (Å²) in [5, 5.41) is 7.95. The topological polar surface area (TPSA) is 64.3 Å². The van der Waals surface area contributed by atoms with Crippen LogP contribution in [0.4, 0.5) is 11.6 Å². The number of fused-ring (bicyclic) bond motifs is 1. The van der Waals surface area contributed by atoms with Crippen LogP contribution in [0.25, 0.3) is 5.65 Å². The summed E-state index contributed by atoms with van der Waals surface area (Å²) in [5.74, 6) is 3.28. The van der Waals surface area contributed by atoms with E-state index in [2.05, 4.69) is 20.4 Å². The number of nitrogens with one attached hydrogen (secondary N) is 1. The molecule has 0 aliphatic heterocycles. The summed E-state index contributed by atoms with van der Waals surface area (Å²) >= 11 is 0. The van der Waals surface area contributed by atoms with E-state index in [1.807, 2.05) is 42.8 Å². The molecule has 2 aromatic heterocycles. The van der Waals surface area contributed by atoms with E-state index >= 15 is 0 Å². The van der Waals surface area contributed by atoms with Gasteiger partial charge in [-0.15, -0.1) is 0 Å². The van der Waals surface area contributed by atoms with Crippen LogP contribution < -0.4 is 10.1 Å². The highest BCUT2D eigenvalue weighted by Crippen LogP contribution is 2.34. The van der Waals surface area contributed by atoms with Crippen molar-refractivity contribution in [3.63, 3.8) is 0 Å². The molecule has 6 heteroatoms. The number of anilines is 2. The Morgan fingerprint density at radius 3 is 2.78 bits per heavy atom. The maximum absolute atomic E-state index is 5.29. The summed E-state index contributed by atoms with van der Waals surface area (Å²) in [7, 11) is 1.68. The molecular weight excluding hydrogens is 338 g/mol. The molecule has 4 rings (SSSR count). The third kappa shape index (κ3) is 4.04. The van der Waals surface area contributed by atoms with Crippen LogP contribution in [0.3, 0.4) is 0 Å². The minimum absolute atomic E-state index is 0.690. The molecule has 1 aliphatic carbocycles. The lowest BCUT2D eigenvalue weighted by molar-refractivity contribution is 0.414. The van der Waals surface area contributed by atoms with Crippen molar-refractivity contribution in [2.24, 2.45) is 5.92 Å². The highest BCUT2D eigenvalue weighted by Gasteiger charge is 2.20. The highest BCUT2D eigenvalue weighted by molar-refractivity contribution is 5.62. The van der Waals surface area contributed by atoms with E-state index < -0.39 is 0 Å². The highest BCUT2D eigenvalue weighted by atomic mass is 16.5. The first-order valence-electron chi connectivity index (χ1n) is 9.77. The van der Waals surface area contributed by atoms with E-state index in [9.17, 15) is 0 Å². The van der Waals surface area contributed by atoms with Crippen LogP contribution in [-0.2, 0) is 6.42 Å². The van der Waals surface area contributed by atoms with Gasteiger partial charge in [0.2, 0.25) is 5.95 Å². The predicted octanol–water partition coefficient (Wildman–Crippen LogP) is 4.62. The normalized spacial score (nSPS) is 13.9. The number of unbranched alkanes of at least 4 members (excludes halogenated alkanes) is 1. The number of rotatable bonds is 8. The molecule has 0 unspecified atom stereocenters. The first-order chi connectivity index (χ1) is 13.1. The van der Waals surface area contributed by atoms with Gasteiger partial charge in [-0.25, -0.2) is 4.98 Å². The van der Waals surface area contributed by atoms with Gasteiger partial charge in [-0.2, -0.15) is 14.6 Å². The molecule has 0 radical (unpaired) electrons. The van der Waals surface area contributed by atoms with Gasteiger partial charge in [-0.05, 0) is 56.4 Å². The molecule has 2 heterocycles. The maximum atomic E-state index is 5.29. The second-order valence-electron chi connectivity index (χ2n) is 7.49. The van der Waals surface area contributed by atoms with E-state index in [0.29, 0.717) is 5.95 Å². The van der Waals surface area contributed by atoms with Crippen molar-refractivity contribution >= 4 is 17.3 Å². The maximum Gasteiger partial charge on any atom is 0.232 e. The van der Waals surface area contributed by atoms with Crippen molar-refractivity contribution in [2.75, 3.05) is 12.4 Å². The van der Waals surface area contributed by atoms with Gasteiger partial charge in [0.25, 0.3) is 0 Å². The molecule has 3 aromatic rings. The third-order valence-electron chi connectivity index (χ3n) is 5.24. The number of hydrogen-bond donors (Lipinski definition) is 1. The summed E-state index contributed by atoms with van der Waals surface area (Å²) in [6.07, 6.45) is 9.69. The van der Waals surface area contributed by atoms with Gasteiger partial charge in [-0.3, -0.25) is 0 Å². The molecule has 0 bridgehead atoms. The van der Waals surface area contributed by atoms with Crippen molar-refractivity contribution < 1.29 is 4.74 Å². The average molecular weight is 365 g/mol. The summed E-state index contributed by atoms with van der Waals surface area (Å²) in [5.41, 5.74) is 4.18. The lowest BCUT2D eigenvalue weighted by atomic mass is 10.1. The van der Waals surface area contributed by atoms with Crippen molar-refractivity contribution in [3.05, 3.63) is 41.3 Å². The monoisotopic (exact) mass is 365 g/mol. The van der Waals surface area contributed by atoms with Crippen LogP contribution >= 0.6 is 0 Å². The fourth-order valence-electron chi connectivity index (χ4n) is 3.47. The molecule has 1 aliphatic rings. The molecule has 0 amide bonds. The Hall–Kier alpha value is -2.63. The lowest BCUT2D eigenvalue weighted by Gasteiger charge is -2.12. The fourth-order valence-corrected chi connectivity index (χ4v) is 3.47. The molecule has 0 atom stereocenters. The van der Waals surface area contributed by atoms with E-state index in [0.717, 1.165) is 40.8 Å².